The van der Waals surface area contributed by atoms with E-state index >= 15 is 0 Å². The van der Waals surface area contributed by atoms with E-state index in [-0.39, 0.29) is 11.9 Å². The zero-order valence-corrected chi connectivity index (χ0v) is 10.1. The molecule has 3 nitrogen and oxygen atoms in total. The Kier molecular flexibility index (Phi) is 3.44. The van der Waals surface area contributed by atoms with Crippen molar-refractivity contribution >= 4 is 17.5 Å². The molecule has 1 aromatic heterocycles. The first-order valence-corrected chi connectivity index (χ1v) is 6.05. The molecule has 0 radical (unpaired) electrons. The van der Waals surface area contributed by atoms with E-state index in [0.29, 0.717) is 11.4 Å². The Morgan fingerprint density at radius 1 is 1.62 bits per heavy atom. The second-order valence-electron chi connectivity index (χ2n) is 4.14. The zero-order chi connectivity index (χ0) is 11.5. The molecular weight excluding hydrogens is 224 g/mol. The second kappa shape index (κ2) is 4.83. The third-order valence-electron chi connectivity index (χ3n) is 2.97. The van der Waals surface area contributed by atoms with Crippen LogP contribution in [-0.2, 0) is 0 Å². The van der Waals surface area contributed by atoms with Crippen molar-refractivity contribution in [3.05, 3.63) is 29.6 Å². The minimum Gasteiger partial charge on any atom is -0.334 e. The summed E-state index contributed by atoms with van der Waals surface area (Å²) in [6, 6.07) is 3.88. The average molecular weight is 239 g/mol. The molecule has 1 aromatic rings. The fraction of sp³-hybridized carbons (Fsp3) is 0.500. The highest BCUT2D eigenvalue weighted by molar-refractivity contribution is 6.18. The van der Waals surface area contributed by atoms with Gasteiger partial charge in [0.2, 0.25) is 0 Å². The van der Waals surface area contributed by atoms with Crippen LogP contribution >= 0.6 is 11.6 Å². The molecule has 1 unspecified atom stereocenters. The Balaban J connectivity index is 2.15. The molecule has 0 aliphatic carbocycles. The number of hydrogen-bond acceptors (Lipinski definition) is 2. The third kappa shape index (κ3) is 2.19. The number of nitrogens with zero attached hydrogens (tertiary/aromatic N) is 2. The molecule has 1 fully saturated rings. The molecule has 0 aromatic carbocycles. The van der Waals surface area contributed by atoms with Crippen LogP contribution in [0.15, 0.2) is 18.3 Å². The number of aryl methyl sites for hydroxylation is 1. The molecule has 0 saturated carbocycles. The van der Waals surface area contributed by atoms with Crippen molar-refractivity contribution in [3.63, 3.8) is 0 Å². The van der Waals surface area contributed by atoms with Gasteiger partial charge in [0.05, 0.1) is 5.56 Å². The summed E-state index contributed by atoms with van der Waals surface area (Å²) in [5.41, 5.74) is 1.58. The molecule has 1 atom stereocenters. The van der Waals surface area contributed by atoms with Crippen LogP contribution in [-0.4, -0.2) is 34.3 Å². The topological polar surface area (TPSA) is 33.2 Å². The Labute approximate surface area is 100 Å². The largest absolute Gasteiger partial charge is 0.334 e. The first-order chi connectivity index (χ1) is 7.72. The predicted molar refractivity (Wildman–Crippen MR) is 63.8 cm³/mol. The summed E-state index contributed by atoms with van der Waals surface area (Å²) in [6.45, 7) is 2.72. The molecule has 4 heteroatoms. The van der Waals surface area contributed by atoms with Crippen LogP contribution in [0.5, 0.6) is 0 Å². The van der Waals surface area contributed by atoms with Gasteiger partial charge in [-0.15, -0.1) is 11.6 Å². The molecule has 86 valence electrons. The van der Waals surface area contributed by atoms with E-state index in [1.54, 1.807) is 6.20 Å². The summed E-state index contributed by atoms with van der Waals surface area (Å²) in [5.74, 6) is 0.570. The molecule has 16 heavy (non-hydrogen) atoms. The van der Waals surface area contributed by atoms with Crippen molar-refractivity contribution in [2.45, 2.75) is 25.8 Å². The lowest BCUT2D eigenvalue weighted by molar-refractivity contribution is 0.0748. The van der Waals surface area contributed by atoms with Gasteiger partial charge in [0.1, 0.15) is 0 Å². The van der Waals surface area contributed by atoms with E-state index in [0.717, 1.165) is 25.1 Å². The molecule has 1 amide bonds. The number of alkyl halides is 1. The minimum absolute atomic E-state index is 0.0515. The van der Waals surface area contributed by atoms with E-state index in [1.165, 1.54) is 0 Å². The van der Waals surface area contributed by atoms with Crippen LogP contribution in [0.1, 0.15) is 28.9 Å². The summed E-state index contributed by atoms with van der Waals surface area (Å²) >= 11 is 5.85. The maximum Gasteiger partial charge on any atom is 0.255 e. The van der Waals surface area contributed by atoms with Gasteiger partial charge in [0.15, 0.2) is 0 Å². The fourth-order valence-electron chi connectivity index (χ4n) is 2.02. The van der Waals surface area contributed by atoms with E-state index in [2.05, 4.69) is 4.98 Å². The number of rotatable bonds is 2. The first kappa shape index (κ1) is 11.4. The van der Waals surface area contributed by atoms with E-state index in [4.69, 9.17) is 11.6 Å². The minimum atomic E-state index is 0.0515. The number of likely N-dealkylation sites (tertiary alicyclic amines) is 1. The average Bonchev–Trinajstić information content (AvgIpc) is 2.77. The van der Waals surface area contributed by atoms with Crippen LogP contribution in [0, 0.1) is 6.92 Å². The highest BCUT2D eigenvalue weighted by Crippen LogP contribution is 2.20. The maximum atomic E-state index is 12.2. The molecule has 2 rings (SSSR count). The van der Waals surface area contributed by atoms with E-state index in [1.807, 2.05) is 24.0 Å². The van der Waals surface area contributed by atoms with Gasteiger partial charge < -0.3 is 4.90 Å². The Morgan fingerprint density at radius 3 is 3.06 bits per heavy atom. The highest BCUT2D eigenvalue weighted by Gasteiger charge is 2.28. The van der Waals surface area contributed by atoms with Crippen LogP contribution in [0.25, 0.3) is 0 Å². The number of pyridine rings is 1. The van der Waals surface area contributed by atoms with Gasteiger partial charge in [-0.1, -0.05) is 0 Å². The lowest BCUT2D eigenvalue weighted by atomic mass is 10.2. The summed E-state index contributed by atoms with van der Waals surface area (Å²) in [6.07, 6.45) is 3.69. The molecule has 0 N–H and O–H groups in total. The van der Waals surface area contributed by atoms with Gasteiger partial charge in [-0.3, -0.25) is 9.78 Å². The van der Waals surface area contributed by atoms with Gasteiger partial charge in [-0.2, -0.15) is 0 Å². The van der Waals surface area contributed by atoms with Crippen LogP contribution in [0.4, 0.5) is 0 Å². The molecule has 2 heterocycles. The third-order valence-corrected chi connectivity index (χ3v) is 3.33. The number of carbonyl (C=O) groups is 1. The summed E-state index contributed by atoms with van der Waals surface area (Å²) < 4.78 is 0. The van der Waals surface area contributed by atoms with Crippen LogP contribution in [0.2, 0.25) is 0 Å². The van der Waals surface area contributed by atoms with Crippen molar-refractivity contribution in [2.75, 3.05) is 12.4 Å². The Morgan fingerprint density at radius 2 is 2.44 bits per heavy atom. The number of halogens is 1. The number of carbonyl (C=O) groups excluding carboxylic acids is 1. The lowest BCUT2D eigenvalue weighted by Gasteiger charge is -2.22. The van der Waals surface area contributed by atoms with Gasteiger partial charge in [-0.25, -0.2) is 0 Å². The van der Waals surface area contributed by atoms with Crippen molar-refractivity contribution in [1.82, 2.24) is 9.88 Å². The molecule has 0 spiro atoms. The van der Waals surface area contributed by atoms with Crippen molar-refractivity contribution < 1.29 is 4.79 Å². The van der Waals surface area contributed by atoms with E-state index < -0.39 is 0 Å². The molecule has 1 aliphatic heterocycles. The quantitative estimate of drug-likeness (QED) is 0.741. The lowest BCUT2D eigenvalue weighted by Crippen LogP contribution is -2.36. The number of hydrogen-bond donors (Lipinski definition) is 0. The van der Waals surface area contributed by atoms with Gasteiger partial charge in [-0.05, 0) is 31.9 Å². The van der Waals surface area contributed by atoms with Gasteiger partial charge in [0, 0.05) is 30.4 Å². The monoisotopic (exact) mass is 238 g/mol. The van der Waals surface area contributed by atoms with Crippen molar-refractivity contribution in [1.29, 1.82) is 0 Å². The molecule has 1 aliphatic rings. The standard InChI is InChI=1S/C12H15ClN2O/c1-9-4-5-10(8-14-9)12(16)15-6-2-3-11(15)7-13/h4-5,8,11H,2-3,6-7H2,1H3. The second-order valence-corrected chi connectivity index (χ2v) is 4.45. The summed E-state index contributed by atoms with van der Waals surface area (Å²) in [4.78, 5) is 18.2. The summed E-state index contributed by atoms with van der Waals surface area (Å²) in [5, 5.41) is 0. The normalized spacial score (nSPS) is 20.1. The van der Waals surface area contributed by atoms with Crippen LogP contribution in [0.3, 0.4) is 0 Å². The predicted octanol–water partition coefficient (Wildman–Crippen LogP) is 2.23. The molecular formula is C12H15ClN2O. The zero-order valence-electron chi connectivity index (χ0n) is 9.32. The first-order valence-electron chi connectivity index (χ1n) is 5.52. The fourth-order valence-corrected chi connectivity index (χ4v) is 2.34. The highest BCUT2D eigenvalue weighted by atomic mass is 35.5. The van der Waals surface area contributed by atoms with Crippen LogP contribution < -0.4 is 0 Å². The maximum absolute atomic E-state index is 12.2. The Bertz CT molecular complexity index is 377. The summed E-state index contributed by atoms with van der Waals surface area (Å²) in [7, 11) is 0. The van der Waals surface area contributed by atoms with Crippen molar-refractivity contribution in [3.8, 4) is 0 Å². The molecule has 1 saturated heterocycles. The smallest absolute Gasteiger partial charge is 0.255 e. The van der Waals surface area contributed by atoms with Gasteiger partial charge in [0.25, 0.3) is 5.91 Å². The van der Waals surface area contributed by atoms with Crippen molar-refractivity contribution in [2.24, 2.45) is 0 Å². The molecule has 0 bridgehead atoms. The number of amides is 1. The Hall–Kier alpha value is -1.09. The van der Waals surface area contributed by atoms with Gasteiger partial charge >= 0.3 is 0 Å². The van der Waals surface area contributed by atoms with E-state index in [9.17, 15) is 4.79 Å². The number of aromatic nitrogens is 1. The SMILES string of the molecule is Cc1ccc(C(=O)N2CCCC2CCl)cn1.